The first-order valence-electron chi connectivity index (χ1n) is 5.34. The third kappa shape index (κ3) is 3.41. The van der Waals surface area contributed by atoms with Crippen LogP contribution in [0.25, 0.3) is 0 Å². The molecule has 1 N–H and O–H groups in total. The summed E-state index contributed by atoms with van der Waals surface area (Å²) in [7, 11) is -2.50. The van der Waals surface area contributed by atoms with E-state index in [4.69, 9.17) is 4.84 Å². The molecule has 0 fully saturated rings. The van der Waals surface area contributed by atoms with E-state index in [0.29, 0.717) is 17.0 Å². The highest BCUT2D eigenvalue weighted by Crippen LogP contribution is 2.25. The number of hydroxylamine groups is 1. The van der Waals surface area contributed by atoms with E-state index in [2.05, 4.69) is 4.98 Å². The Morgan fingerprint density at radius 3 is 2.28 bits per heavy atom. The van der Waals surface area contributed by atoms with Crippen molar-refractivity contribution in [1.82, 2.24) is 9.45 Å². The molecule has 8 heteroatoms. The second kappa shape index (κ2) is 5.12. The first-order valence-corrected chi connectivity index (χ1v) is 7.60. The van der Waals surface area contributed by atoms with Gasteiger partial charge in [-0.25, -0.2) is 8.42 Å². The van der Waals surface area contributed by atoms with Crippen molar-refractivity contribution in [3.05, 3.63) is 15.4 Å². The molecule has 0 saturated carbocycles. The summed E-state index contributed by atoms with van der Waals surface area (Å²) in [6.45, 7) is 7.47. The van der Waals surface area contributed by atoms with Gasteiger partial charge in [-0.3, -0.25) is 9.63 Å². The molecule has 0 bridgehead atoms. The van der Waals surface area contributed by atoms with Gasteiger partial charge >= 0.3 is 4.87 Å². The third-order valence-corrected chi connectivity index (χ3v) is 5.34. The number of thiazole rings is 1. The van der Waals surface area contributed by atoms with Gasteiger partial charge in [0.25, 0.3) is 10.0 Å². The van der Waals surface area contributed by atoms with E-state index in [1.807, 2.05) is 20.8 Å². The maximum atomic E-state index is 12.3. The monoisotopic (exact) mass is 294 g/mol. The quantitative estimate of drug-likeness (QED) is 0.850. The van der Waals surface area contributed by atoms with Crippen molar-refractivity contribution < 1.29 is 13.3 Å². The number of hydrogen-bond acceptors (Lipinski definition) is 5. The number of sulfonamides is 1. The Kier molecular flexibility index (Phi) is 4.37. The molecule has 1 aromatic rings. The summed E-state index contributed by atoms with van der Waals surface area (Å²) in [4.78, 5) is 18.2. The van der Waals surface area contributed by atoms with Crippen LogP contribution in [0.5, 0.6) is 0 Å². The van der Waals surface area contributed by atoms with Crippen LogP contribution in [0.1, 0.15) is 26.5 Å². The Morgan fingerprint density at radius 2 is 1.94 bits per heavy atom. The molecule has 0 aliphatic heterocycles. The fourth-order valence-corrected chi connectivity index (χ4v) is 4.21. The van der Waals surface area contributed by atoms with Crippen molar-refractivity contribution in [2.24, 2.45) is 5.41 Å². The van der Waals surface area contributed by atoms with E-state index in [1.165, 1.54) is 7.11 Å². The number of nitrogens with zero attached hydrogens (tertiary/aromatic N) is 1. The lowest BCUT2D eigenvalue weighted by atomic mass is 9.98. The molecule has 1 heterocycles. The van der Waals surface area contributed by atoms with Gasteiger partial charge in [0.1, 0.15) is 0 Å². The van der Waals surface area contributed by atoms with Gasteiger partial charge in [-0.2, -0.15) is 0 Å². The Bertz CT molecular complexity index is 565. The van der Waals surface area contributed by atoms with Crippen molar-refractivity contribution in [1.29, 1.82) is 0 Å². The van der Waals surface area contributed by atoms with E-state index in [9.17, 15) is 13.2 Å². The molecule has 104 valence electrons. The molecule has 0 atom stereocenters. The Hall–Kier alpha value is -0.700. The Balaban J connectivity index is 3.19. The zero-order valence-corrected chi connectivity index (χ0v) is 12.7. The van der Waals surface area contributed by atoms with Crippen molar-refractivity contribution in [3.63, 3.8) is 0 Å². The molecule has 0 aromatic carbocycles. The minimum absolute atomic E-state index is 0.00130. The topological polar surface area (TPSA) is 79.5 Å². The highest BCUT2D eigenvalue weighted by molar-refractivity contribution is 7.91. The second-order valence-electron chi connectivity index (χ2n) is 5.14. The summed E-state index contributed by atoms with van der Waals surface area (Å²) >= 11 is 0.670. The van der Waals surface area contributed by atoms with Gasteiger partial charge in [0.2, 0.25) is 0 Å². The summed E-state index contributed by atoms with van der Waals surface area (Å²) in [6.07, 6.45) is 0. The molecule has 0 aliphatic rings. The fraction of sp³-hybridized carbons (Fsp3) is 0.700. The van der Waals surface area contributed by atoms with Crippen LogP contribution < -0.4 is 4.87 Å². The fourth-order valence-electron chi connectivity index (χ4n) is 1.36. The number of rotatable bonds is 4. The number of H-pyrrole nitrogens is 1. The SMILES string of the molecule is CON(CC(C)(C)C)S(=O)(=O)c1sc(=O)[nH]c1C. The second-order valence-corrected chi connectivity index (χ2v) is 8.14. The zero-order chi connectivity index (χ0) is 14.1. The lowest BCUT2D eigenvalue weighted by molar-refractivity contribution is -0.0671. The van der Waals surface area contributed by atoms with Crippen molar-refractivity contribution >= 4 is 21.4 Å². The third-order valence-electron chi connectivity index (χ3n) is 2.09. The van der Waals surface area contributed by atoms with Crippen LogP contribution in [0.2, 0.25) is 0 Å². The van der Waals surface area contributed by atoms with Gasteiger partial charge in [-0.05, 0) is 12.3 Å². The summed E-state index contributed by atoms with van der Waals surface area (Å²) in [6, 6.07) is 0. The molecular weight excluding hydrogens is 276 g/mol. The normalized spacial score (nSPS) is 13.2. The van der Waals surface area contributed by atoms with Crippen molar-refractivity contribution in [2.45, 2.75) is 31.9 Å². The Labute approximate surface area is 111 Å². The lowest BCUT2D eigenvalue weighted by Crippen LogP contribution is -2.36. The number of aromatic nitrogens is 1. The average molecular weight is 294 g/mol. The average Bonchev–Trinajstić information content (AvgIpc) is 2.53. The molecule has 0 saturated heterocycles. The minimum Gasteiger partial charge on any atom is -0.315 e. The van der Waals surface area contributed by atoms with E-state index in [0.717, 1.165) is 4.47 Å². The molecule has 0 unspecified atom stereocenters. The predicted octanol–water partition coefficient (Wildman–Crippen LogP) is 1.34. The van der Waals surface area contributed by atoms with Gasteiger partial charge in [0.15, 0.2) is 4.21 Å². The number of aryl methyl sites for hydroxylation is 1. The summed E-state index contributed by atoms with van der Waals surface area (Å²) in [5.74, 6) is 0. The maximum absolute atomic E-state index is 12.3. The van der Waals surface area contributed by atoms with Gasteiger partial charge in [-0.15, -0.1) is 0 Å². The van der Waals surface area contributed by atoms with Crippen LogP contribution in [-0.4, -0.2) is 31.5 Å². The molecule has 1 aromatic heterocycles. The van der Waals surface area contributed by atoms with Crippen molar-refractivity contribution in [2.75, 3.05) is 13.7 Å². The van der Waals surface area contributed by atoms with E-state index < -0.39 is 14.9 Å². The summed E-state index contributed by atoms with van der Waals surface area (Å²) in [5, 5.41) is 0. The van der Waals surface area contributed by atoms with E-state index >= 15 is 0 Å². The minimum atomic E-state index is -3.80. The van der Waals surface area contributed by atoms with Crippen LogP contribution in [-0.2, 0) is 14.9 Å². The highest BCUT2D eigenvalue weighted by Gasteiger charge is 2.32. The Morgan fingerprint density at radius 1 is 1.39 bits per heavy atom. The summed E-state index contributed by atoms with van der Waals surface area (Å²) in [5.41, 5.74) is 0.0825. The molecule has 1 rings (SSSR count). The van der Waals surface area contributed by atoms with Gasteiger partial charge < -0.3 is 4.98 Å². The molecule has 6 nitrogen and oxygen atoms in total. The number of nitrogens with one attached hydrogen (secondary N) is 1. The highest BCUT2D eigenvalue weighted by atomic mass is 32.2. The zero-order valence-electron chi connectivity index (χ0n) is 11.1. The first-order chi connectivity index (χ1) is 8.08. The van der Waals surface area contributed by atoms with Crippen LogP contribution in [0.3, 0.4) is 0 Å². The number of aromatic amines is 1. The molecule has 0 radical (unpaired) electrons. The van der Waals surface area contributed by atoms with Crippen molar-refractivity contribution in [3.8, 4) is 0 Å². The molecule has 0 amide bonds. The number of hydrogen-bond donors (Lipinski definition) is 1. The standard InChI is InChI=1S/C10H18N2O4S2/c1-7-8(17-9(13)11-7)18(14,15)12(16-5)6-10(2,3)4/h6H2,1-5H3,(H,11,13). The molecule has 0 spiro atoms. The van der Waals surface area contributed by atoms with Gasteiger partial charge in [0, 0.05) is 12.2 Å². The molecule has 18 heavy (non-hydrogen) atoms. The maximum Gasteiger partial charge on any atom is 0.305 e. The van der Waals surface area contributed by atoms with E-state index in [-0.39, 0.29) is 16.2 Å². The van der Waals surface area contributed by atoms with Gasteiger partial charge in [0.05, 0.1) is 7.11 Å². The van der Waals surface area contributed by atoms with Crippen LogP contribution >= 0.6 is 11.3 Å². The molecule has 0 aliphatic carbocycles. The summed E-state index contributed by atoms with van der Waals surface area (Å²) < 4.78 is 25.6. The lowest BCUT2D eigenvalue weighted by Gasteiger charge is -2.26. The molecular formula is C10H18N2O4S2. The van der Waals surface area contributed by atoms with E-state index in [1.54, 1.807) is 6.92 Å². The smallest absolute Gasteiger partial charge is 0.305 e. The largest absolute Gasteiger partial charge is 0.315 e. The van der Waals surface area contributed by atoms with Crippen LogP contribution in [0.4, 0.5) is 0 Å². The van der Waals surface area contributed by atoms with Crippen LogP contribution in [0, 0.1) is 12.3 Å². The van der Waals surface area contributed by atoms with Gasteiger partial charge in [-0.1, -0.05) is 36.6 Å². The van der Waals surface area contributed by atoms with Crippen LogP contribution in [0.15, 0.2) is 9.00 Å². The predicted molar refractivity (Wildman–Crippen MR) is 70.0 cm³/mol. The first kappa shape index (κ1) is 15.4.